The predicted molar refractivity (Wildman–Crippen MR) is 69.8 cm³/mol. The zero-order valence-electron chi connectivity index (χ0n) is 11.5. The molecule has 0 aromatic rings. The Labute approximate surface area is 110 Å². The number of aliphatic hydroxyl groups is 1. The van der Waals surface area contributed by atoms with Crippen molar-refractivity contribution in [1.29, 1.82) is 0 Å². The highest BCUT2D eigenvalue weighted by atomic mass is 16.5. The molecule has 1 aliphatic heterocycles. The summed E-state index contributed by atoms with van der Waals surface area (Å²) in [5.74, 6) is 0. The fourth-order valence-corrected chi connectivity index (χ4v) is 1.71. The highest BCUT2D eigenvalue weighted by Crippen LogP contribution is 2.05. The Bertz CT molecular complexity index is 186. The molecule has 1 rings (SSSR count). The standard InChI is InChI=1S/C13H27NO4/c1-2-3-5-16-7-9-18-10-8-17-6-4-14-11-13(15)12-14/h13,15H,2-12H2,1H3. The fraction of sp³-hybridized carbons (Fsp3) is 1.00. The first kappa shape index (κ1) is 15.9. The molecule has 0 amide bonds. The van der Waals surface area contributed by atoms with Crippen molar-refractivity contribution < 1.29 is 19.3 Å². The van der Waals surface area contributed by atoms with Gasteiger partial charge in [0.25, 0.3) is 0 Å². The van der Waals surface area contributed by atoms with Crippen LogP contribution in [-0.2, 0) is 14.2 Å². The average molecular weight is 261 g/mol. The van der Waals surface area contributed by atoms with Crippen LogP contribution in [0.1, 0.15) is 19.8 Å². The zero-order chi connectivity index (χ0) is 13.1. The minimum absolute atomic E-state index is 0.124. The summed E-state index contributed by atoms with van der Waals surface area (Å²) in [7, 11) is 0. The first-order chi connectivity index (χ1) is 8.83. The van der Waals surface area contributed by atoms with E-state index in [-0.39, 0.29) is 6.10 Å². The highest BCUT2D eigenvalue weighted by molar-refractivity contribution is 4.77. The topological polar surface area (TPSA) is 51.2 Å². The lowest BCUT2D eigenvalue weighted by molar-refractivity contribution is -0.0245. The molecule has 5 nitrogen and oxygen atoms in total. The smallest absolute Gasteiger partial charge is 0.0793 e. The van der Waals surface area contributed by atoms with Crippen molar-refractivity contribution in [2.24, 2.45) is 0 Å². The largest absolute Gasteiger partial charge is 0.390 e. The van der Waals surface area contributed by atoms with Crippen molar-refractivity contribution in [3.63, 3.8) is 0 Å². The molecule has 0 atom stereocenters. The van der Waals surface area contributed by atoms with Gasteiger partial charge < -0.3 is 19.3 Å². The summed E-state index contributed by atoms with van der Waals surface area (Å²) in [6.45, 7) is 8.74. The normalized spacial score (nSPS) is 17.0. The van der Waals surface area contributed by atoms with Crippen LogP contribution in [0.25, 0.3) is 0 Å². The molecule has 1 fully saturated rings. The van der Waals surface area contributed by atoms with Crippen molar-refractivity contribution in [3.05, 3.63) is 0 Å². The molecular weight excluding hydrogens is 234 g/mol. The van der Waals surface area contributed by atoms with Crippen LogP contribution in [0, 0.1) is 0 Å². The highest BCUT2D eigenvalue weighted by Gasteiger charge is 2.23. The van der Waals surface area contributed by atoms with E-state index in [1.165, 1.54) is 6.42 Å². The summed E-state index contributed by atoms with van der Waals surface area (Å²) in [6.07, 6.45) is 2.16. The molecule has 0 aromatic heterocycles. The fourth-order valence-electron chi connectivity index (χ4n) is 1.71. The minimum atomic E-state index is -0.124. The molecule has 0 unspecified atom stereocenters. The van der Waals surface area contributed by atoms with Crippen LogP contribution >= 0.6 is 0 Å². The summed E-state index contributed by atoms with van der Waals surface area (Å²) in [5.41, 5.74) is 0. The second kappa shape index (κ2) is 10.7. The lowest BCUT2D eigenvalue weighted by atomic mass is 10.2. The zero-order valence-corrected chi connectivity index (χ0v) is 11.5. The molecule has 0 spiro atoms. The van der Waals surface area contributed by atoms with Gasteiger partial charge in [-0.25, -0.2) is 0 Å². The van der Waals surface area contributed by atoms with Gasteiger partial charge in [-0.1, -0.05) is 13.3 Å². The molecule has 0 aromatic carbocycles. The average Bonchev–Trinajstić information content (AvgIpc) is 2.33. The third-order valence-corrected chi connectivity index (χ3v) is 2.88. The van der Waals surface area contributed by atoms with Gasteiger partial charge in [0.1, 0.15) is 0 Å². The quantitative estimate of drug-likeness (QED) is 0.519. The molecule has 108 valence electrons. The molecule has 0 bridgehead atoms. The Morgan fingerprint density at radius 2 is 1.50 bits per heavy atom. The first-order valence-corrected chi connectivity index (χ1v) is 6.96. The molecule has 18 heavy (non-hydrogen) atoms. The molecule has 1 aliphatic rings. The van der Waals surface area contributed by atoms with Gasteiger partial charge in [0.15, 0.2) is 0 Å². The van der Waals surface area contributed by atoms with Gasteiger partial charge in [-0.15, -0.1) is 0 Å². The maximum atomic E-state index is 9.08. The van der Waals surface area contributed by atoms with E-state index < -0.39 is 0 Å². The summed E-state index contributed by atoms with van der Waals surface area (Å²) in [5, 5.41) is 9.08. The summed E-state index contributed by atoms with van der Waals surface area (Å²) in [4.78, 5) is 2.17. The Morgan fingerprint density at radius 1 is 0.944 bits per heavy atom. The summed E-state index contributed by atoms with van der Waals surface area (Å²) >= 11 is 0. The second-order valence-corrected chi connectivity index (χ2v) is 4.60. The van der Waals surface area contributed by atoms with Crippen molar-refractivity contribution in [2.45, 2.75) is 25.9 Å². The lowest BCUT2D eigenvalue weighted by Gasteiger charge is -2.35. The number of ether oxygens (including phenoxy) is 3. The van der Waals surface area contributed by atoms with E-state index in [0.29, 0.717) is 33.0 Å². The predicted octanol–water partition coefficient (Wildman–Crippen LogP) is 0.513. The second-order valence-electron chi connectivity index (χ2n) is 4.60. The Morgan fingerprint density at radius 3 is 2.06 bits per heavy atom. The minimum Gasteiger partial charge on any atom is -0.390 e. The van der Waals surface area contributed by atoms with Crippen LogP contribution in [0.15, 0.2) is 0 Å². The third kappa shape index (κ3) is 8.00. The maximum absolute atomic E-state index is 9.08. The molecule has 0 aliphatic carbocycles. The number of aliphatic hydroxyl groups excluding tert-OH is 1. The van der Waals surface area contributed by atoms with Crippen LogP contribution in [0.3, 0.4) is 0 Å². The van der Waals surface area contributed by atoms with Gasteiger partial charge in [-0.3, -0.25) is 4.90 Å². The molecule has 1 saturated heterocycles. The third-order valence-electron chi connectivity index (χ3n) is 2.88. The van der Waals surface area contributed by atoms with Crippen LogP contribution in [0.2, 0.25) is 0 Å². The molecule has 1 heterocycles. The molecule has 1 N–H and O–H groups in total. The van der Waals surface area contributed by atoms with Gasteiger partial charge in [0.2, 0.25) is 0 Å². The van der Waals surface area contributed by atoms with Crippen molar-refractivity contribution >= 4 is 0 Å². The number of likely N-dealkylation sites (tertiary alicyclic amines) is 1. The number of unbranched alkanes of at least 4 members (excludes halogenated alkanes) is 1. The SMILES string of the molecule is CCCCOCCOCCOCCN1CC(O)C1. The van der Waals surface area contributed by atoms with Crippen molar-refractivity contribution in [2.75, 3.05) is 59.3 Å². The summed E-state index contributed by atoms with van der Waals surface area (Å²) < 4.78 is 16.2. The number of β-amino-alcohol motifs (C(OH)–C–C–N with tert-alkyl or cyclic N) is 1. The van der Waals surface area contributed by atoms with E-state index >= 15 is 0 Å². The van der Waals surface area contributed by atoms with Crippen LogP contribution in [0.5, 0.6) is 0 Å². The van der Waals surface area contributed by atoms with E-state index in [1.807, 2.05) is 0 Å². The van der Waals surface area contributed by atoms with Crippen LogP contribution in [-0.4, -0.2) is 75.4 Å². The number of hydrogen-bond acceptors (Lipinski definition) is 5. The van der Waals surface area contributed by atoms with Gasteiger partial charge in [-0.2, -0.15) is 0 Å². The number of rotatable bonds is 12. The first-order valence-electron chi connectivity index (χ1n) is 6.96. The molecule has 0 radical (unpaired) electrons. The Balaban J connectivity index is 1.66. The van der Waals surface area contributed by atoms with Gasteiger partial charge >= 0.3 is 0 Å². The lowest BCUT2D eigenvalue weighted by Crippen LogP contribution is -2.51. The molecule has 0 saturated carbocycles. The molecular formula is C13H27NO4. The number of nitrogens with zero attached hydrogens (tertiary/aromatic N) is 1. The van der Waals surface area contributed by atoms with Crippen molar-refractivity contribution in [1.82, 2.24) is 4.90 Å². The van der Waals surface area contributed by atoms with E-state index in [4.69, 9.17) is 19.3 Å². The Kier molecular flexibility index (Phi) is 9.42. The van der Waals surface area contributed by atoms with Gasteiger partial charge in [-0.05, 0) is 6.42 Å². The van der Waals surface area contributed by atoms with Crippen LogP contribution < -0.4 is 0 Å². The summed E-state index contributed by atoms with van der Waals surface area (Å²) in [6, 6.07) is 0. The van der Waals surface area contributed by atoms with Crippen LogP contribution in [0.4, 0.5) is 0 Å². The van der Waals surface area contributed by atoms with Gasteiger partial charge in [0, 0.05) is 26.2 Å². The van der Waals surface area contributed by atoms with E-state index in [2.05, 4.69) is 11.8 Å². The van der Waals surface area contributed by atoms with E-state index in [0.717, 1.165) is 32.7 Å². The van der Waals surface area contributed by atoms with Gasteiger partial charge in [0.05, 0.1) is 39.1 Å². The maximum Gasteiger partial charge on any atom is 0.0793 e. The van der Waals surface area contributed by atoms with E-state index in [1.54, 1.807) is 0 Å². The van der Waals surface area contributed by atoms with E-state index in [9.17, 15) is 0 Å². The molecule has 5 heteroatoms. The van der Waals surface area contributed by atoms with Crippen molar-refractivity contribution in [3.8, 4) is 0 Å². The Hall–Kier alpha value is -0.200. The monoisotopic (exact) mass is 261 g/mol. The number of hydrogen-bond donors (Lipinski definition) is 1.